The summed E-state index contributed by atoms with van der Waals surface area (Å²) in [4.78, 5) is 124. The van der Waals surface area contributed by atoms with E-state index in [9.17, 15) is 61.7 Å². The fourth-order valence-corrected chi connectivity index (χ4v) is 9.25. The molecular weight excluding hydrogens is 1080 g/mol. The highest BCUT2D eigenvalue weighted by atomic mass is 19.4. The second-order valence-electron chi connectivity index (χ2n) is 20.2. The summed E-state index contributed by atoms with van der Waals surface area (Å²) in [6.45, 7) is 3.26. The molecule has 0 aliphatic carbocycles. The first kappa shape index (κ1) is 62.3. The third-order valence-electron chi connectivity index (χ3n) is 13.6. The van der Waals surface area contributed by atoms with Crippen LogP contribution in [0.2, 0.25) is 0 Å². The lowest BCUT2D eigenvalue weighted by molar-refractivity contribution is -0.166. The van der Waals surface area contributed by atoms with E-state index in [2.05, 4.69) is 62.4 Å². The van der Waals surface area contributed by atoms with Crippen LogP contribution in [0.25, 0.3) is 0 Å². The van der Waals surface area contributed by atoms with Crippen molar-refractivity contribution in [1.82, 2.24) is 52.1 Å². The normalized spacial score (nSPS) is 16.5. The number of aromatic amines is 1. The number of likely N-dealkylation sites (N-methyl/N-ethyl adjacent to an activating group) is 1. The third kappa shape index (κ3) is 17.3. The number of aliphatic carboxylic acids is 1. The maximum atomic E-state index is 14.9. The lowest BCUT2D eigenvalue weighted by atomic mass is 9.97. The number of amides is 7. The zero-order valence-electron chi connectivity index (χ0n) is 45.2. The fraction of sp³-hybridized carbons (Fsp3) is 0.444. The van der Waals surface area contributed by atoms with Crippen molar-refractivity contribution in [2.45, 2.75) is 119 Å². The van der Waals surface area contributed by atoms with Crippen LogP contribution in [-0.4, -0.2) is 154 Å². The molecule has 28 heteroatoms. The Morgan fingerprint density at radius 1 is 0.744 bits per heavy atom. The number of hydrogen-bond acceptors (Lipinski definition) is 14. The molecule has 7 atom stereocenters. The highest BCUT2D eigenvalue weighted by Crippen LogP contribution is 2.52. The summed E-state index contributed by atoms with van der Waals surface area (Å²) in [7, 11) is 1.53. The highest BCUT2D eigenvalue weighted by Gasteiger charge is 2.65. The van der Waals surface area contributed by atoms with Crippen LogP contribution in [0, 0.1) is 5.92 Å². The Kier molecular flexibility index (Phi) is 21.6. The second kappa shape index (κ2) is 28.5. The fourth-order valence-electron chi connectivity index (χ4n) is 9.25. The Balaban J connectivity index is 1.30. The molecule has 25 nitrogen and oxygen atoms in total. The molecule has 7 amide bonds. The van der Waals surface area contributed by atoms with Gasteiger partial charge in [-0.25, -0.2) is 9.78 Å². The number of hydrogen-bond donors (Lipinski definition) is 12. The monoisotopic (exact) mass is 1140 g/mol. The molecule has 2 aliphatic heterocycles. The average molecular weight is 1140 g/mol. The van der Waals surface area contributed by atoms with Crippen LogP contribution in [-0.2, 0) is 69.7 Å². The molecule has 0 spiro atoms. The van der Waals surface area contributed by atoms with Crippen molar-refractivity contribution in [3.8, 4) is 5.75 Å². The van der Waals surface area contributed by atoms with E-state index in [1.165, 1.54) is 60.9 Å². The average Bonchev–Trinajstić information content (AvgIpc) is 3.85. The Hall–Kier alpha value is -8.95. The van der Waals surface area contributed by atoms with E-state index in [1.54, 1.807) is 44.2 Å². The van der Waals surface area contributed by atoms with Gasteiger partial charge in [-0.2, -0.15) is 13.2 Å². The molecule has 0 radical (unpaired) electrons. The number of carbonyl (C=O) groups excluding carboxylic acids is 7. The van der Waals surface area contributed by atoms with Gasteiger partial charge in [-0.05, 0) is 67.5 Å². The molecule has 82 heavy (non-hydrogen) atoms. The van der Waals surface area contributed by atoms with Gasteiger partial charge in [0.05, 0.1) is 12.9 Å². The smallest absolute Gasteiger partial charge is 0.442 e. The second-order valence-corrected chi connectivity index (χ2v) is 20.2. The maximum absolute atomic E-state index is 14.9. The maximum Gasteiger partial charge on any atom is 0.442 e. The van der Waals surface area contributed by atoms with Crippen molar-refractivity contribution in [2.75, 3.05) is 26.7 Å². The molecule has 1 fully saturated rings. The van der Waals surface area contributed by atoms with Crippen LogP contribution < -0.4 is 48.7 Å². The number of rotatable bonds is 29. The van der Waals surface area contributed by atoms with E-state index in [4.69, 9.17) is 11.5 Å². The minimum atomic E-state index is -4.86. The lowest BCUT2D eigenvalue weighted by Crippen LogP contribution is -2.61. The van der Waals surface area contributed by atoms with Crippen molar-refractivity contribution in [1.29, 1.82) is 0 Å². The van der Waals surface area contributed by atoms with E-state index in [-0.39, 0.29) is 81.0 Å². The van der Waals surface area contributed by atoms with Gasteiger partial charge in [0.1, 0.15) is 48.0 Å². The quantitative estimate of drug-likeness (QED) is 0.0200. The number of nitrogens with two attached hydrogens (primary N) is 2. The number of aliphatic imine (C=N–C) groups is 1. The molecule has 0 bridgehead atoms. The standard InChI is InChI=1S/C54H68F3N15O10/c1-30(2)44(69-45(75)37(64-43(74)28-60-3)11-7-21-62-52(58)59)49(79)66-39(24-33-15-19-36(73)20-16-33)46(76)65-38(23-32-13-17-34(18-14-32)53(70-71-53)54(55,56)57)47(77)67-40(26-35-27-61-29-63-35)50(80)72-22-8-12-42(72)48(78)68-41(51(81)82)25-31-9-5-4-6-10-31/h4-6,9-10,13-20,27,29-30,37-42,44,60,73H,7-8,11-12,21-26,28H2,1-3H3,(H,61,63)(H,64,74)(H,65,76)(H,66,79)(H,67,77)(H,68,78)(H,69,75)(H,81,82)(H4,58,59,62)/t37-,38-,39-,40-,41-,42-,44-/m0/s1. The Morgan fingerprint density at radius 3 is 1.87 bits per heavy atom. The predicted molar refractivity (Wildman–Crippen MR) is 290 cm³/mol. The van der Waals surface area contributed by atoms with Gasteiger partial charge in [0.2, 0.25) is 41.4 Å². The summed E-state index contributed by atoms with van der Waals surface area (Å²) in [5, 5.41) is 45.3. The van der Waals surface area contributed by atoms with Crippen LogP contribution in [0.5, 0.6) is 5.75 Å². The van der Waals surface area contributed by atoms with E-state index in [0.29, 0.717) is 23.2 Å². The minimum absolute atomic E-state index is 0.0364. The van der Waals surface area contributed by atoms with Crippen LogP contribution in [0.1, 0.15) is 67.5 Å². The van der Waals surface area contributed by atoms with E-state index in [1.807, 2.05) is 0 Å². The molecule has 4 aromatic rings. The first-order valence-corrected chi connectivity index (χ1v) is 26.4. The number of aromatic nitrogens is 2. The van der Waals surface area contributed by atoms with Gasteiger partial charge < -0.3 is 68.8 Å². The number of benzene rings is 3. The van der Waals surface area contributed by atoms with Gasteiger partial charge in [-0.3, -0.25) is 38.6 Å². The number of alkyl halides is 3. The van der Waals surface area contributed by atoms with Crippen LogP contribution >= 0.6 is 0 Å². The van der Waals surface area contributed by atoms with Crippen molar-refractivity contribution in [3.05, 3.63) is 119 Å². The first-order chi connectivity index (χ1) is 39.0. The number of aromatic hydroxyl groups is 1. The summed E-state index contributed by atoms with van der Waals surface area (Å²) in [6.07, 6.45) is -2.32. The van der Waals surface area contributed by atoms with E-state index >= 15 is 0 Å². The van der Waals surface area contributed by atoms with Gasteiger partial charge in [-0.15, -0.1) is 10.2 Å². The molecule has 440 valence electrons. The summed E-state index contributed by atoms with van der Waals surface area (Å²) in [5.41, 5.74) is 9.43. The molecule has 1 aromatic heterocycles. The number of nitrogens with one attached hydrogen (secondary N) is 8. The zero-order valence-corrected chi connectivity index (χ0v) is 45.2. The van der Waals surface area contributed by atoms with Crippen LogP contribution in [0.3, 0.4) is 0 Å². The topological polar surface area (TPSA) is 382 Å². The number of nitrogens with zero attached hydrogens (tertiary/aromatic N) is 5. The number of guanidine groups is 1. The van der Waals surface area contributed by atoms with Crippen LogP contribution in [0.15, 0.2) is 107 Å². The molecule has 2 aliphatic rings. The number of likely N-dealkylation sites (tertiary alicyclic amines) is 1. The highest BCUT2D eigenvalue weighted by molar-refractivity contribution is 5.98. The largest absolute Gasteiger partial charge is 0.508 e. The molecular formula is C54H68F3N15O10. The van der Waals surface area contributed by atoms with Crippen molar-refractivity contribution in [2.24, 2.45) is 32.6 Å². The zero-order chi connectivity index (χ0) is 59.7. The number of phenolic OH excluding ortho intramolecular Hbond substituents is 1. The lowest BCUT2D eigenvalue weighted by Gasteiger charge is -2.31. The van der Waals surface area contributed by atoms with Crippen molar-refractivity contribution in [3.63, 3.8) is 0 Å². The molecule has 0 saturated carbocycles. The van der Waals surface area contributed by atoms with E-state index in [0.717, 1.165) is 12.1 Å². The Bertz CT molecular complexity index is 2920. The van der Waals surface area contributed by atoms with E-state index < -0.39 is 114 Å². The third-order valence-corrected chi connectivity index (χ3v) is 13.6. The Morgan fingerprint density at radius 2 is 1.32 bits per heavy atom. The van der Waals surface area contributed by atoms with Crippen LogP contribution in [0.4, 0.5) is 13.2 Å². The molecule has 6 rings (SSSR count). The molecule has 0 unspecified atom stereocenters. The molecule has 1 saturated heterocycles. The predicted octanol–water partition coefficient (Wildman–Crippen LogP) is 0.480. The SMILES string of the molecule is CNCC(=O)N[C@@H](CCCN=C(N)N)C(=O)N[C@H](C(=O)N[C@@H](Cc1ccc(O)cc1)C(=O)N[C@@H](Cc1ccc(C2(C(F)(F)F)N=N2)cc1)C(=O)N[C@@H](Cc1cnc[nH]1)C(=O)N1CCC[C@H]1C(=O)N[C@@H](Cc1ccccc1)C(=O)O)C(C)C. The number of phenols is 1. The number of halogens is 3. The number of carboxylic acid groups (broad SMARTS) is 1. The van der Waals surface area contributed by atoms with Gasteiger partial charge in [-0.1, -0.05) is 80.6 Å². The first-order valence-electron chi connectivity index (χ1n) is 26.4. The summed E-state index contributed by atoms with van der Waals surface area (Å²) in [5.74, 6) is -7.85. The Labute approximate surface area is 469 Å². The van der Waals surface area contributed by atoms with Gasteiger partial charge >= 0.3 is 17.8 Å². The van der Waals surface area contributed by atoms with Crippen molar-refractivity contribution >= 4 is 53.3 Å². The summed E-state index contributed by atoms with van der Waals surface area (Å²) in [6, 6.07) is 9.33. The minimum Gasteiger partial charge on any atom is -0.508 e. The number of imidazole rings is 1. The van der Waals surface area contributed by atoms with Gasteiger partial charge in [0.15, 0.2) is 5.96 Å². The molecule has 3 heterocycles. The molecule has 14 N–H and O–H groups in total. The summed E-state index contributed by atoms with van der Waals surface area (Å²) < 4.78 is 42.1. The summed E-state index contributed by atoms with van der Waals surface area (Å²) >= 11 is 0. The number of H-pyrrole nitrogens is 1. The van der Waals surface area contributed by atoms with Gasteiger partial charge in [0, 0.05) is 56.2 Å². The number of carboxylic acids is 1. The number of carbonyl (C=O) groups is 8. The van der Waals surface area contributed by atoms with Crippen molar-refractivity contribution < 1.29 is 61.7 Å². The van der Waals surface area contributed by atoms with Gasteiger partial charge in [0.25, 0.3) is 0 Å². The molecule has 3 aromatic carbocycles.